The summed E-state index contributed by atoms with van der Waals surface area (Å²) in [4.78, 5) is 62.0. The first-order valence-corrected chi connectivity index (χ1v) is 16.3. The molecule has 0 saturated carbocycles. The van der Waals surface area contributed by atoms with E-state index >= 15 is 0 Å². The van der Waals surface area contributed by atoms with Gasteiger partial charge < -0.3 is 36.8 Å². The zero-order valence-corrected chi connectivity index (χ0v) is 27.3. The van der Waals surface area contributed by atoms with Crippen LogP contribution in [0.25, 0.3) is 0 Å². The van der Waals surface area contributed by atoms with E-state index in [1.54, 1.807) is 13.8 Å². The molecule has 7 N–H and O–H groups in total. The highest BCUT2D eigenvalue weighted by molar-refractivity contribution is 5.92. The molecule has 0 spiro atoms. The maximum atomic E-state index is 13.3. The van der Waals surface area contributed by atoms with Crippen LogP contribution in [-0.4, -0.2) is 66.1 Å². The number of carboxylic acid groups (broad SMARTS) is 1. The summed E-state index contributed by atoms with van der Waals surface area (Å²) in [5, 5.41) is 20.3. The zero-order valence-electron chi connectivity index (χ0n) is 27.3. The van der Waals surface area contributed by atoms with Crippen LogP contribution in [0.5, 0.6) is 0 Å². The van der Waals surface area contributed by atoms with E-state index in [-0.39, 0.29) is 31.9 Å². The Morgan fingerprint density at radius 1 is 0.822 bits per heavy atom. The van der Waals surface area contributed by atoms with Crippen molar-refractivity contribution in [2.75, 3.05) is 13.1 Å². The smallest absolute Gasteiger partial charge is 0.407 e. The van der Waals surface area contributed by atoms with Crippen LogP contribution in [0.2, 0.25) is 0 Å². The van der Waals surface area contributed by atoms with Gasteiger partial charge in [0, 0.05) is 12.6 Å². The van der Waals surface area contributed by atoms with Crippen molar-refractivity contribution in [3.8, 4) is 0 Å². The summed E-state index contributed by atoms with van der Waals surface area (Å²) in [6, 6.07) is 6.88. The SMILES string of the molecule is CCCCCCCCC[C@@H](CC(=O)O)NC(=O)[C@@H](NC(=O)[C@H](CCCCNC(=O)OCc1ccccc1)NC(=O)CN)C(C)C. The predicted molar refractivity (Wildman–Crippen MR) is 173 cm³/mol. The molecule has 3 atom stereocenters. The molecule has 0 aromatic heterocycles. The number of aliphatic carboxylic acids is 1. The molecule has 0 saturated heterocycles. The van der Waals surface area contributed by atoms with Crippen LogP contribution in [0.1, 0.15) is 103 Å². The fraction of sp³-hybridized carbons (Fsp3) is 0.667. The van der Waals surface area contributed by atoms with E-state index in [0.29, 0.717) is 25.8 Å². The summed E-state index contributed by atoms with van der Waals surface area (Å²) < 4.78 is 5.19. The Morgan fingerprint density at radius 3 is 2.09 bits per heavy atom. The average Bonchev–Trinajstić information content (AvgIpc) is 3.01. The second-order valence-electron chi connectivity index (χ2n) is 11.8. The third-order valence-electron chi connectivity index (χ3n) is 7.41. The minimum atomic E-state index is -1.00. The number of nitrogens with one attached hydrogen (secondary N) is 4. The van der Waals surface area contributed by atoms with Gasteiger partial charge in [0.1, 0.15) is 18.7 Å². The van der Waals surface area contributed by atoms with Gasteiger partial charge in [0.2, 0.25) is 17.7 Å². The lowest BCUT2D eigenvalue weighted by molar-refractivity contribution is -0.138. The van der Waals surface area contributed by atoms with Crippen LogP contribution in [-0.2, 0) is 30.5 Å². The summed E-state index contributed by atoms with van der Waals surface area (Å²) in [5.41, 5.74) is 6.33. The molecule has 1 rings (SSSR count). The Bertz CT molecular complexity index is 1020. The topological polar surface area (TPSA) is 189 Å². The van der Waals surface area contributed by atoms with Gasteiger partial charge in [0.15, 0.2) is 0 Å². The molecule has 0 unspecified atom stereocenters. The Kier molecular flexibility index (Phi) is 20.7. The molecule has 0 radical (unpaired) electrons. The van der Waals surface area contributed by atoms with Gasteiger partial charge in [0.25, 0.3) is 0 Å². The van der Waals surface area contributed by atoms with Crippen LogP contribution >= 0.6 is 0 Å². The first-order chi connectivity index (χ1) is 21.6. The third-order valence-corrected chi connectivity index (χ3v) is 7.41. The van der Waals surface area contributed by atoms with Crippen LogP contribution in [0.4, 0.5) is 4.79 Å². The van der Waals surface area contributed by atoms with Crippen molar-refractivity contribution >= 4 is 29.8 Å². The van der Waals surface area contributed by atoms with E-state index in [2.05, 4.69) is 28.2 Å². The summed E-state index contributed by atoms with van der Waals surface area (Å²) in [5.74, 6) is -2.82. The van der Waals surface area contributed by atoms with Crippen LogP contribution < -0.4 is 27.0 Å². The highest BCUT2D eigenvalue weighted by Crippen LogP contribution is 2.13. The minimum absolute atomic E-state index is 0.154. The second-order valence-corrected chi connectivity index (χ2v) is 11.8. The van der Waals surface area contributed by atoms with Crippen molar-refractivity contribution in [2.45, 2.75) is 123 Å². The van der Waals surface area contributed by atoms with E-state index < -0.39 is 47.9 Å². The van der Waals surface area contributed by atoms with Gasteiger partial charge in [-0.05, 0) is 37.2 Å². The molecule has 0 aliphatic heterocycles. The van der Waals surface area contributed by atoms with E-state index in [0.717, 1.165) is 31.2 Å². The number of benzene rings is 1. The van der Waals surface area contributed by atoms with Crippen molar-refractivity contribution in [1.29, 1.82) is 0 Å². The lowest BCUT2D eigenvalue weighted by atomic mass is 9.99. The van der Waals surface area contributed by atoms with Gasteiger partial charge in [-0.1, -0.05) is 96.0 Å². The predicted octanol–water partition coefficient (Wildman–Crippen LogP) is 3.77. The highest BCUT2D eigenvalue weighted by atomic mass is 16.5. The maximum absolute atomic E-state index is 13.3. The number of carboxylic acids is 1. The average molecular weight is 634 g/mol. The van der Waals surface area contributed by atoms with Crippen molar-refractivity contribution in [3.05, 3.63) is 35.9 Å². The molecule has 0 heterocycles. The van der Waals surface area contributed by atoms with Crippen molar-refractivity contribution < 1.29 is 33.8 Å². The second kappa shape index (κ2) is 23.7. The largest absolute Gasteiger partial charge is 0.481 e. The van der Waals surface area contributed by atoms with Gasteiger partial charge in [0.05, 0.1) is 13.0 Å². The molecule has 0 fully saturated rings. The summed E-state index contributed by atoms with van der Waals surface area (Å²) in [6.45, 7) is 5.89. The molecule has 12 heteroatoms. The molecule has 0 bridgehead atoms. The van der Waals surface area contributed by atoms with Crippen molar-refractivity contribution in [2.24, 2.45) is 11.7 Å². The number of hydrogen-bond donors (Lipinski definition) is 6. The summed E-state index contributed by atoms with van der Waals surface area (Å²) in [7, 11) is 0. The fourth-order valence-electron chi connectivity index (χ4n) is 4.82. The van der Waals surface area contributed by atoms with Gasteiger partial charge >= 0.3 is 12.1 Å². The van der Waals surface area contributed by atoms with Crippen LogP contribution in [0.15, 0.2) is 30.3 Å². The third kappa shape index (κ3) is 18.7. The maximum Gasteiger partial charge on any atom is 0.407 e. The number of amides is 4. The summed E-state index contributed by atoms with van der Waals surface area (Å²) >= 11 is 0. The van der Waals surface area contributed by atoms with Gasteiger partial charge in [-0.2, -0.15) is 0 Å². The number of rotatable bonds is 24. The number of ether oxygens (including phenoxy) is 1. The molecule has 0 aliphatic rings. The molecular weight excluding hydrogens is 578 g/mol. The van der Waals surface area contributed by atoms with Crippen molar-refractivity contribution in [1.82, 2.24) is 21.3 Å². The normalized spacial score (nSPS) is 12.9. The number of unbranched alkanes of at least 4 members (excludes halogenated alkanes) is 7. The molecule has 45 heavy (non-hydrogen) atoms. The number of hydrogen-bond acceptors (Lipinski definition) is 7. The Balaban J connectivity index is 2.64. The minimum Gasteiger partial charge on any atom is -0.481 e. The van der Waals surface area contributed by atoms with Crippen LogP contribution in [0.3, 0.4) is 0 Å². The Hall–Kier alpha value is -3.67. The monoisotopic (exact) mass is 633 g/mol. The molecule has 1 aromatic carbocycles. The highest BCUT2D eigenvalue weighted by Gasteiger charge is 2.30. The van der Waals surface area contributed by atoms with Gasteiger partial charge in [-0.25, -0.2) is 4.79 Å². The number of carbonyl (C=O) groups is 5. The Morgan fingerprint density at radius 2 is 1.47 bits per heavy atom. The number of alkyl carbamates (subject to hydrolysis) is 1. The lowest BCUT2D eigenvalue weighted by Crippen LogP contribution is -2.57. The number of carbonyl (C=O) groups excluding carboxylic acids is 4. The first kappa shape index (κ1) is 39.4. The van der Waals surface area contributed by atoms with Crippen molar-refractivity contribution in [3.63, 3.8) is 0 Å². The van der Waals surface area contributed by atoms with Gasteiger partial charge in [-0.3, -0.25) is 19.2 Å². The molecule has 4 amide bonds. The molecule has 0 aliphatic carbocycles. The standard InChI is InChI=1S/C33H55N5O7/c1-4-5-6-7-8-9-13-18-26(21-29(40)41)36-32(43)30(24(2)3)38-31(42)27(37-28(39)22-34)19-14-15-20-35-33(44)45-23-25-16-11-10-12-17-25/h10-12,16-17,24,26-27,30H,4-9,13-15,18-23,34H2,1-3H3,(H,35,44)(H,36,43)(H,37,39)(H,38,42)(H,40,41)/t26-,27-,30-/m0/s1. The molecular formula is C33H55N5O7. The van der Waals surface area contributed by atoms with E-state index in [1.165, 1.54) is 19.3 Å². The zero-order chi connectivity index (χ0) is 33.5. The molecule has 254 valence electrons. The van der Waals surface area contributed by atoms with E-state index in [1.807, 2.05) is 30.3 Å². The van der Waals surface area contributed by atoms with E-state index in [4.69, 9.17) is 10.5 Å². The summed E-state index contributed by atoms with van der Waals surface area (Å²) in [6.07, 6.45) is 8.59. The quantitative estimate of drug-likeness (QED) is 0.0928. The molecule has 1 aromatic rings. The Labute approximate surface area is 268 Å². The lowest BCUT2D eigenvalue weighted by Gasteiger charge is -2.27. The van der Waals surface area contributed by atoms with Crippen LogP contribution in [0, 0.1) is 5.92 Å². The number of nitrogens with two attached hydrogens (primary N) is 1. The van der Waals surface area contributed by atoms with E-state index in [9.17, 15) is 29.1 Å². The van der Waals surface area contributed by atoms with Gasteiger partial charge in [-0.15, -0.1) is 0 Å². The fourth-order valence-corrected chi connectivity index (χ4v) is 4.82. The first-order valence-electron chi connectivity index (χ1n) is 16.3. The molecule has 12 nitrogen and oxygen atoms in total.